The van der Waals surface area contributed by atoms with Crippen LogP contribution in [0.2, 0.25) is 0 Å². The first-order chi connectivity index (χ1) is 7.79. The monoisotopic (exact) mass is 226 g/mol. The third-order valence-electron chi connectivity index (χ3n) is 3.78. The van der Waals surface area contributed by atoms with Crippen LogP contribution in [0, 0.1) is 5.92 Å². The Bertz CT molecular complexity index is 239. The average Bonchev–Trinajstić information content (AvgIpc) is 2.24. The number of nitrogens with one attached hydrogen (secondary N) is 1. The van der Waals surface area contributed by atoms with E-state index in [2.05, 4.69) is 5.32 Å². The molecule has 1 unspecified atom stereocenters. The van der Waals surface area contributed by atoms with E-state index in [-0.39, 0.29) is 12.6 Å². The number of carbonyl (C=O) groups excluding carboxylic acids is 1. The summed E-state index contributed by atoms with van der Waals surface area (Å²) in [4.78, 5) is 13.8. The van der Waals surface area contributed by atoms with Gasteiger partial charge in [0.25, 0.3) is 0 Å². The highest BCUT2D eigenvalue weighted by atomic mass is 16.3. The zero-order valence-electron chi connectivity index (χ0n) is 9.82. The number of amides is 2. The molecule has 0 aromatic rings. The molecule has 2 rings (SSSR count). The van der Waals surface area contributed by atoms with Gasteiger partial charge >= 0.3 is 6.03 Å². The number of urea groups is 1. The van der Waals surface area contributed by atoms with Crippen LogP contribution in [-0.4, -0.2) is 41.8 Å². The van der Waals surface area contributed by atoms with E-state index in [1.54, 1.807) is 0 Å². The standard InChI is InChI=1S/C12H22N2O2/c15-8-6-10-3-2-7-14(9-10)12(16)13-11-4-1-5-11/h10-11,15H,1-9H2,(H,13,16). The summed E-state index contributed by atoms with van der Waals surface area (Å²) in [5.41, 5.74) is 0. The van der Waals surface area contributed by atoms with Crippen molar-refractivity contribution >= 4 is 6.03 Å². The number of aliphatic hydroxyl groups is 1. The smallest absolute Gasteiger partial charge is 0.317 e. The number of piperidine rings is 1. The molecule has 1 aliphatic carbocycles. The Morgan fingerprint density at radius 1 is 1.31 bits per heavy atom. The van der Waals surface area contributed by atoms with Gasteiger partial charge < -0.3 is 15.3 Å². The minimum absolute atomic E-state index is 0.104. The van der Waals surface area contributed by atoms with E-state index in [0.29, 0.717) is 12.0 Å². The maximum atomic E-state index is 11.9. The van der Waals surface area contributed by atoms with Crippen LogP contribution < -0.4 is 5.32 Å². The molecular formula is C12H22N2O2. The first-order valence-corrected chi connectivity index (χ1v) is 6.46. The molecule has 1 atom stereocenters. The van der Waals surface area contributed by atoms with Gasteiger partial charge in [0.2, 0.25) is 0 Å². The Balaban J connectivity index is 1.76. The predicted molar refractivity (Wildman–Crippen MR) is 62.2 cm³/mol. The van der Waals surface area contributed by atoms with E-state index >= 15 is 0 Å². The van der Waals surface area contributed by atoms with Crippen molar-refractivity contribution in [2.75, 3.05) is 19.7 Å². The summed E-state index contributed by atoms with van der Waals surface area (Å²) in [6.45, 7) is 1.93. The van der Waals surface area contributed by atoms with Gasteiger partial charge in [0.1, 0.15) is 0 Å². The normalized spacial score (nSPS) is 26.3. The molecule has 4 nitrogen and oxygen atoms in total. The lowest BCUT2D eigenvalue weighted by atomic mass is 9.93. The molecule has 16 heavy (non-hydrogen) atoms. The quantitative estimate of drug-likeness (QED) is 0.763. The number of hydrogen-bond acceptors (Lipinski definition) is 2. The fourth-order valence-electron chi connectivity index (χ4n) is 2.49. The van der Waals surface area contributed by atoms with Crippen LogP contribution in [0.5, 0.6) is 0 Å². The summed E-state index contributed by atoms with van der Waals surface area (Å²) < 4.78 is 0. The molecule has 0 radical (unpaired) electrons. The molecule has 92 valence electrons. The maximum Gasteiger partial charge on any atom is 0.317 e. The van der Waals surface area contributed by atoms with E-state index < -0.39 is 0 Å². The lowest BCUT2D eigenvalue weighted by molar-refractivity contribution is 0.144. The molecule has 1 heterocycles. The minimum Gasteiger partial charge on any atom is -0.396 e. The summed E-state index contributed by atoms with van der Waals surface area (Å²) >= 11 is 0. The average molecular weight is 226 g/mol. The molecule has 2 aliphatic rings. The summed E-state index contributed by atoms with van der Waals surface area (Å²) in [7, 11) is 0. The van der Waals surface area contributed by atoms with E-state index in [1.807, 2.05) is 4.90 Å². The van der Waals surface area contributed by atoms with Gasteiger partial charge in [-0.2, -0.15) is 0 Å². The zero-order valence-corrected chi connectivity index (χ0v) is 9.82. The number of carbonyl (C=O) groups is 1. The van der Waals surface area contributed by atoms with Gasteiger partial charge in [0, 0.05) is 25.7 Å². The Morgan fingerprint density at radius 2 is 2.12 bits per heavy atom. The topological polar surface area (TPSA) is 52.6 Å². The molecule has 1 aliphatic heterocycles. The van der Waals surface area contributed by atoms with E-state index in [1.165, 1.54) is 6.42 Å². The van der Waals surface area contributed by atoms with Crippen molar-refractivity contribution in [1.29, 1.82) is 0 Å². The van der Waals surface area contributed by atoms with Gasteiger partial charge in [0.05, 0.1) is 0 Å². The molecule has 0 spiro atoms. The largest absolute Gasteiger partial charge is 0.396 e. The van der Waals surface area contributed by atoms with Crippen molar-refractivity contribution in [3.8, 4) is 0 Å². The van der Waals surface area contributed by atoms with Crippen molar-refractivity contribution in [3.63, 3.8) is 0 Å². The summed E-state index contributed by atoms with van der Waals surface area (Å²) in [5.74, 6) is 0.492. The molecule has 0 bridgehead atoms. The first-order valence-electron chi connectivity index (χ1n) is 6.46. The Kier molecular flexibility index (Phi) is 4.04. The molecule has 1 saturated heterocycles. The SMILES string of the molecule is O=C(NC1CCC1)N1CCCC(CCO)C1. The van der Waals surface area contributed by atoms with Crippen molar-refractivity contribution in [2.24, 2.45) is 5.92 Å². The second-order valence-electron chi connectivity index (χ2n) is 5.04. The molecule has 2 N–H and O–H groups in total. The van der Waals surface area contributed by atoms with E-state index in [9.17, 15) is 4.79 Å². The van der Waals surface area contributed by atoms with Gasteiger partial charge in [-0.25, -0.2) is 4.79 Å². The number of nitrogens with zero attached hydrogens (tertiary/aromatic N) is 1. The molecule has 2 amide bonds. The van der Waals surface area contributed by atoms with Crippen LogP contribution in [-0.2, 0) is 0 Å². The van der Waals surface area contributed by atoms with Crippen molar-refractivity contribution in [2.45, 2.75) is 44.6 Å². The third kappa shape index (κ3) is 2.88. The molecule has 0 aromatic heterocycles. The number of hydrogen-bond donors (Lipinski definition) is 2. The number of rotatable bonds is 3. The van der Waals surface area contributed by atoms with Crippen molar-refractivity contribution in [3.05, 3.63) is 0 Å². The van der Waals surface area contributed by atoms with Crippen LogP contribution in [0.15, 0.2) is 0 Å². The highest BCUT2D eigenvalue weighted by molar-refractivity contribution is 5.74. The molecule has 1 saturated carbocycles. The van der Waals surface area contributed by atoms with Gasteiger partial charge in [-0.3, -0.25) is 0 Å². The predicted octanol–water partition coefficient (Wildman–Crippen LogP) is 1.34. The Hall–Kier alpha value is -0.770. The highest BCUT2D eigenvalue weighted by Gasteiger charge is 2.26. The van der Waals surface area contributed by atoms with E-state index in [0.717, 1.165) is 45.2 Å². The lowest BCUT2D eigenvalue weighted by Crippen LogP contribution is -2.50. The van der Waals surface area contributed by atoms with Crippen LogP contribution in [0.25, 0.3) is 0 Å². The van der Waals surface area contributed by atoms with Crippen molar-refractivity contribution < 1.29 is 9.90 Å². The zero-order chi connectivity index (χ0) is 11.4. The highest BCUT2D eigenvalue weighted by Crippen LogP contribution is 2.21. The van der Waals surface area contributed by atoms with Crippen LogP contribution in [0.1, 0.15) is 38.5 Å². The van der Waals surface area contributed by atoms with Gasteiger partial charge in [-0.05, 0) is 44.4 Å². The second-order valence-corrected chi connectivity index (χ2v) is 5.04. The third-order valence-corrected chi connectivity index (χ3v) is 3.78. The Labute approximate surface area is 97.0 Å². The van der Waals surface area contributed by atoms with E-state index in [4.69, 9.17) is 5.11 Å². The summed E-state index contributed by atoms with van der Waals surface area (Å²) in [5, 5.41) is 12.0. The fraction of sp³-hybridized carbons (Fsp3) is 0.917. The molecule has 4 heteroatoms. The van der Waals surface area contributed by atoms with Gasteiger partial charge in [-0.1, -0.05) is 0 Å². The number of likely N-dealkylation sites (tertiary alicyclic amines) is 1. The maximum absolute atomic E-state index is 11.9. The van der Waals surface area contributed by atoms with Crippen LogP contribution in [0.3, 0.4) is 0 Å². The van der Waals surface area contributed by atoms with Crippen LogP contribution >= 0.6 is 0 Å². The molecule has 0 aromatic carbocycles. The fourth-order valence-corrected chi connectivity index (χ4v) is 2.49. The summed E-state index contributed by atoms with van der Waals surface area (Å²) in [6.07, 6.45) is 6.57. The molecule has 2 fully saturated rings. The van der Waals surface area contributed by atoms with Gasteiger partial charge in [0.15, 0.2) is 0 Å². The van der Waals surface area contributed by atoms with Crippen molar-refractivity contribution in [1.82, 2.24) is 10.2 Å². The second kappa shape index (κ2) is 5.53. The van der Waals surface area contributed by atoms with Gasteiger partial charge in [-0.15, -0.1) is 0 Å². The minimum atomic E-state index is 0.104. The lowest BCUT2D eigenvalue weighted by Gasteiger charge is -2.35. The summed E-state index contributed by atoms with van der Waals surface area (Å²) in [6, 6.07) is 0.526. The molecular weight excluding hydrogens is 204 g/mol. The number of aliphatic hydroxyl groups excluding tert-OH is 1. The first kappa shape index (κ1) is 11.7. The Morgan fingerprint density at radius 3 is 2.75 bits per heavy atom. The van der Waals surface area contributed by atoms with Crippen LogP contribution in [0.4, 0.5) is 4.79 Å².